The summed E-state index contributed by atoms with van der Waals surface area (Å²) < 4.78 is 42.2. The number of aromatic nitrogens is 6. The highest BCUT2D eigenvalue weighted by Crippen LogP contribution is 2.32. The Morgan fingerprint density at radius 3 is 2.61 bits per heavy atom. The summed E-state index contributed by atoms with van der Waals surface area (Å²) in [4.78, 5) is 20.7. The van der Waals surface area contributed by atoms with Crippen LogP contribution < -0.4 is 5.32 Å². The number of anilines is 1. The van der Waals surface area contributed by atoms with Crippen LogP contribution in [0.25, 0.3) is 5.65 Å². The van der Waals surface area contributed by atoms with Crippen molar-refractivity contribution in [2.75, 3.05) is 5.32 Å². The molecule has 0 aliphatic rings. The van der Waals surface area contributed by atoms with E-state index < -0.39 is 17.8 Å². The van der Waals surface area contributed by atoms with E-state index in [1.54, 1.807) is 12.1 Å². The number of hydrogen-bond donors (Lipinski definition) is 1. The second-order valence-electron chi connectivity index (χ2n) is 6.52. The highest BCUT2D eigenvalue weighted by Gasteiger charge is 2.36. The van der Waals surface area contributed by atoms with Crippen LogP contribution in [-0.2, 0) is 12.7 Å². The van der Waals surface area contributed by atoms with Crippen molar-refractivity contribution >= 4 is 45.0 Å². The molecule has 3 heterocycles. The smallest absolute Gasteiger partial charge is 0.288 e. The number of fused-ring (bicyclic) bond motifs is 1. The molecule has 31 heavy (non-hydrogen) atoms. The van der Waals surface area contributed by atoms with E-state index in [0.29, 0.717) is 16.1 Å². The minimum absolute atomic E-state index is 0.0249. The number of carbonyl (C=O) groups is 1. The van der Waals surface area contributed by atoms with E-state index in [1.165, 1.54) is 17.9 Å². The van der Waals surface area contributed by atoms with E-state index in [-0.39, 0.29) is 27.5 Å². The van der Waals surface area contributed by atoms with Crippen molar-refractivity contribution in [2.45, 2.75) is 19.6 Å². The fraction of sp³-hybridized carbons (Fsp3) is 0.167. The first-order valence-corrected chi connectivity index (χ1v) is 9.87. The van der Waals surface area contributed by atoms with Crippen LogP contribution in [0.15, 0.2) is 41.1 Å². The Bertz CT molecular complexity index is 1280. The zero-order chi connectivity index (χ0) is 22.3. The minimum Gasteiger partial charge on any atom is -0.288 e. The SMILES string of the molecule is Cc1cc(C(F)(F)F)n2nc(C(=O)Nc3ncn(Cc4ccc(Cl)cc4)n3)c(Br)c2n1. The van der Waals surface area contributed by atoms with Crippen molar-refractivity contribution in [1.82, 2.24) is 29.4 Å². The predicted octanol–water partition coefficient (Wildman–Crippen LogP) is 4.36. The van der Waals surface area contributed by atoms with Gasteiger partial charge in [-0.25, -0.2) is 19.2 Å². The number of nitrogens with zero attached hydrogens (tertiary/aromatic N) is 6. The van der Waals surface area contributed by atoms with Crippen molar-refractivity contribution in [1.29, 1.82) is 0 Å². The van der Waals surface area contributed by atoms with Gasteiger partial charge in [-0.15, -0.1) is 5.10 Å². The maximum atomic E-state index is 13.4. The molecule has 0 saturated carbocycles. The molecule has 160 valence electrons. The summed E-state index contributed by atoms with van der Waals surface area (Å²) in [5.41, 5.74) is -0.400. The van der Waals surface area contributed by atoms with E-state index in [0.717, 1.165) is 11.6 Å². The molecule has 3 aromatic heterocycles. The van der Waals surface area contributed by atoms with E-state index >= 15 is 0 Å². The summed E-state index contributed by atoms with van der Waals surface area (Å²) in [7, 11) is 0. The van der Waals surface area contributed by atoms with Gasteiger partial charge in [0.25, 0.3) is 5.91 Å². The topological polar surface area (TPSA) is 90.0 Å². The van der Waals surface area contributed by atoms with Gasteiger partial charge in [0.05, 0.1) is 11.0 Å². The van der Waals surface area contributed by atoms with Gasteiger partial charge in [-0.2, -0.15) is 18.3 Å². The molecule has 1 aromatic carbocycles. The number of carbonyl (C=O) groups excluding carboxylic acids is 1. The first-order valence-electron chi connectivity index (χ1n) is 8.70. The minimum atomic E-state index is -4.67. The number of benzene rings is 1. The molecular weight excluding hydrogens is 503 g/mol. The number of rotatable bonds is 4. The van der Waals surface area contributed by atoms with Crippen molar-refractivity contribution in [2.24, 2.45) is 0 Å². The fourth-order valence-electron chi connectivity index (χ4n) is 2.83. The Morgan fingerprint density at radius 1 is 1.23 bits per heavy atom. The lowest BCUT2D eigenvalue weighted by Crippen LogP contribution is -2.16. The summed E-state index contributed by atoms with van der Waals surface area (Å²) in [6.45, 7) is 1.81. The summed E-state index contributed by atoms with van der Waals surface area (Å²) in [5.74, 6) is -0.810. The maximum absolute atomic E-state index is 13.4. The second-order valence-corrected chi connectivity index (χ2v) is 7.75. The van der Waals surface area contributed by atoms with Crippen LogP contribution in [0.4, 0.5) is 19.1 Å². The normalized spacial score (nSPS) is 11.8. The van der Waals surface area contributed by atoms with E-state index in [4.69, 9.17) is 11.6 Å². The Labute approximate surface area is 186 Å². The highest BCUT2D eigenvalue weighted by molar-refractivity contribution is 9.10. The molecule has 4 aromatic rings. The van der Waals surface area contributed by atoms with Crippen molar-refractivity contribution in [3.8, 4) is 0 Å². The standard InChI is InChI=1S/C18H12BrClF3N7O/c1-9-6-12(18(21,22)23)30-15(25-9)13(19)14(27-30)16(31)26-17-24-8-29(28-17)7-10-2-4-11(20)5-3-10/h2-6,8H,7H2,1H3,(H,26,28,31). The van der Waals surface area contributed by atoms with E-state index in [9.17, 15) is 18.0 Å². The van der Waals surface area contributed by atoms with Crippen LogP contribution in [0.1, 0.15) is 27.4 Å². The summed E-state index contributed by atoms with van der Waals surface area (Å²) in [6, 6.07) is 7.98. The third-order valence-corrected chi connectivity index (χ3v) is 5.17. The van der Waals surface area contributed by atoms with Gasteiger partial charge in [-0.3, -0.25) is 10.1 Å². The van der Waals surface area contributed by atoms with Gasteiger partial charge >= 0.3 is 6.18 Å². The lowest BCUT2D eigenvalue weighted by molar-refractivity contribution is -0.142. The molecule has 0 bridgehead atoms. The predicted molar refractivity (Wildman–Crippen MR) is 109 cm³/mol. The molecule has 0 radical (unpaired) electrons. The van der Waals surface area contributed by atoms with E-state index in [2.05, 4.69) is 41.4 Å². The monoisotopic (exact) mass is 513 g/mol. The summed E-state index contributed by atoms with van der Waals surface area (Å²) >= 11 is 8.98. The largest absolute Gasteiger partial charge is 0.433 e. The van der Waals surface area contributed by atoms with Gasteiger partial charge in [-0.1, -0.05) is 23.7 Å². The molecule has 0 fully saturated rings. The summed E-state index contributed by atoms with van der Waals surface area (Å²) in [5, 5.41) is 11.0. The summed E-state index contributed by atoms with van der Waals surface area (Å²) in [6.07, 6.45) is -3.26. The quantitative estimate of drug-likeness (QED) is 0.437. The first kappa shape index (κ1) is 21.2. The average Bonchev–Trinajstić information content (AvgIpc) is 3.27. The molecule has 0 saturated heterocycles. The number of nitrogens with one attached hydrogen (secondary N) is 1. The van der Waals surface area contributed by atoms with Gasteiger partial charge in [0.2, 0.25) is 5.95 Å². The molecule has 1 N–H and O–H groups in total. The lowest BCUT2D eigenvalue weighted by Gasteiger charge is -2.09. The van der Waals surface area contributed by atoms with Crippen LogP contribution in [0.3, 0.4) is 0 Å². The number of hydrogen-bond acceptors (Lipinski definition) is 5. The van der Waals surface area contributed by atoms with Gasteiger partial charge in [0, 0.05) is 10.7 Å². The van der Waals surface area contributed by atoms with Gasteiger partial charge < -0.3 is 0 Å². The molecule has 1 amide bonds. The first-order chi connectivity index (χ1) is 14.6. The Balaban J connectivity index is 1.58. The van der Waals surface area contributed by atoms with Crippen molar-refractivity contribution < 1.29 is 18.0 Å². The zero-order valence-electron chi connectivity index (χ0n) is 15.7. The second kappa shape index (κ2) is 7.93. The Hall–Kier alpha value is -2.99. The third kappa shape index (κ3) is 4.39. The van der Waals surface area contributed by atoms with E-state index in [1.807, 2.05) is 12.1 Å². The van der Waals surface area contributed by atoms with Gasteiger partial charge in [-0.05, 0) is 46.6 Å². The molecule has 0 atom stereocenters. The number of halogens is 5. The van der Waals surface area contributed by atoms with Crippen LogP contribution in [0, 0.1) is 6.92 Å². The Kier molecular flexibility index (Phi) is 5.43. The van der Waals surface area contributed by atoms with Crippen LogP contribution in [0.2, 0.25) is 5.02 Å². The van der Waals surface area contributed by atoms with Crippen LogP contribution >= 0.6 is 27.5 Å². The number of amides is 1. The molecule has 0 spiro atoms. The zero-order valence-corrected chi connectivity index (χ0v) is 18.0. The average molecular weight is 515 g/mol. The van der Waals surface area contributed by atoms with Crippen molar-refractivity contribution in [3.05, 3.63) is 68.8 Å². The van der Waals surface area contributed by atoms with Gasteiger partial charge in [0.1, 0.15) is 12.0 Å². The van der Waals surface area contributed by atoms with Crippen molar-refractivity contribution in [3.63, 3.8) is 0 Å². The molecule has 0 aliphatic heterocycles. The number of alkyl halides is 3. The molecule has 13 heteroatoms. The molecule has 4 rings (SSSR count). The van der Waals surface area contributed by atoms with Gasteiger partial charge in [0.15, 0.2) is 11.3 Å². The third-order valence-electron chi connectivity index (χ3n) is 4.19. The molecular formula is C18H12BrClF3N7O. The molecule has 0 unspecified atom stereocenters. The molecule has 0 aliphatic carbocycles. The Morgan fingerprint density at radius 2 is 1.94 bits per heavy atom. The lowest BCUT2D eigenvalue weighted by atomic mass is 10.2. The van der Waals surface area contributed by atoms with Crippen LogP contribution in [0.5, 0.6) is 0 Å². The van der Waals surface area contributed by atoms with Crippen LogP contribution in [-0.4, -0.2) is 35.3 Å². The molecule has 8 nitrogen and oxygen atoms in total. The highest BCUT2D eigenvalue weighted by atomic mass is 79.9. The number of aryl methyl sites for hydroxylation is 1. The fourth-order valence-corrected chi connectivity index (χ4v) is 3.47. The maximum Gasteiger partial charge on any atom is 0.433 e.